The molecular formula is C19H22N2O2S2. The number of anilines is 1. The Morgan fingerprint density at radius 1 is 1.32 bits per heavy atom. The molecule has 2 aromatic rings. The minimum absolute atomic E-state index is 0.0993. The first-order valence-electron chi connectivity index (χ1n) is 8.33. The molecule has 0 unspecified atom stereocenters. The lowest BCUT2D eigenvalue weighted by atomic mass is 9.94. The first kappa shape index (κ1) is 18.2. The largest absolute Gasteiger partial charge is 0.381 e. The van der Waals surface area contributed by atoms with Crippen molar-refractivity contribution < 1.29 is 9.53 Å². The molecule has 0 atom stereocenters. The highest BCUT2D eigenvalue weighted by Gasteiger charge is 2.18. The van der Waals surface area contributed by atoms with E-state index in [2.05, 4.69) is 28.5 Å². The van der Waals surface area contributed by atoms with Crippen molar-refractivity contribution in [1.29, 1.82) is 0 Å². The number of aryl methyl sites for hydroxylation is 1. The maximum absolute atomic E-state index is 12.9. The molecule has 25 heavy (non-hydrogen) atoms. The third kappa shape index (κ3) is 4.93. The average molecular weight is 375 g/mol. The number of rotatable bonds is 5. The second-order valence-corrected chi connectivity index (χ2v) is 8.10. The molecule has 1 aromatic heterocycles. The lowest BCUT2D eigenvalue weighted by Crippen LogP contribution is -2.18. The molecule has 0 aliphatic carbocycles. The first-order chi connectivity index (χ1) is 12.2. The minimum atomic E-state index is -0.0993. The fraction of sp³-hybridized carbons (Fsp3) is 0.368. The molecule has 1 N–H and O–H groups in total. The monoisotopic (exact) mass is 374 g/mol. The van der Waals surface area contributed by atoms with Crippen LogP contribution in [0.1, 0.15) is 23.3 Å². The fourth-order valence-corrected chi connectivity index (χ4v) is 3.84. The Labute approximate surface area is 156 Å². The van der Waals surface area contributed by atoms with Crippen molar-refractivity contribution in [3.63, 3.8) is 0 Å². The van der Waals surface area contributed by atoms with Gasteiger partial charge in [-0.15, -0.1) is 23.1 Å². The third-order valence-electron chi connectivity index (χ3n) is 4.16. The number of nitrogens with zero attached hydrogens (tertiary/aromatic N) is 1. The summed E-state index contributed by atoms with van der Waals surface area (Å²) in [5.41, 5.74) is 1.66. The summed E-state index contributed by atoms with van der Waals surface area (Å²) in [5, 5.41) is 3.58. The Kier molecular flexibility index (Phi) is 6.29. The highest BCUT2D eigenvalue weighted by atomic mass is 32.2. The lowest BCUT2D eigenvalue weighted by molar-refractivity contribution is -0.111. The number of amides is 1. The molecule has 0 bridgehead atoms. The molecule has 1 saturated heterocycles. The Balaban J connectivity index is 1.86. The Morgan fingerprint density at radius 2 is 2.04 bits per heavy atom. The van der Waals surface area contributed by atoms with Gasteiger partial charge in [0.25, 0.3) is 5.91 Å². The molecule has 1 aliphatic heterocycles. The maximum Gasteiger partial charge on any atom is 0.257 e. The number of thiazole rings is 1. The average Bonchev–Trinajstić information content (AvgIpc) is 3.05. The Morgan fingerprint density at radius 3 is 2.64 bits per heavy atom. The van der Waals surface area contributed by atoms with Crippen LogP contribution in [-0.4, -0.2) is 30.4 Å². The summed E-state index contributed by atoms with van der Waals surface area (Å²) in [5.74, 6) is 0.269. The van der Waals surface area contributed by atoms with E-state index in [0.717, 1.165) is 36.5 Å². The van der Waals surface area contributed by atoms with Gasteiger partial charge in [0, 0.05) is 34.8 Å². The highest BCUT2D eigenvalue weighted by molar-refractivity contribution is 7.98. The van der Waals surface area contributed by atoms with Crippen LogP contribution >= 0.6 is 23.1 Å². The Bertz CT molecular complexity index is 747. The van der Waals surface area contributed by atoms with Gasteiger partial charge >= 0.3 is 0 Å². The second kappa shape index (κ2) is 8.65. The SMILES string of the molecule is CSc1ccc(/C(=C\C2CCOCC2)C(=O)Nc2ncc(C)s2)cc1. The minimum Gasteiger partial charge on any atom is -0.381 e. The molecule has 132 valence electrons. The van der Waals surface area contributed by atoms with Crippen LogP contribution < -0.4 is 5.32 Å². The summed E-state index contributed by atoms with van der Waals surface area (Å²) in [6, 6.07) is 8.14. The topological polar surface area (TPSA) is 51.2 Å². The van der Waals surface area contributed by atoms with Crippen molar-refractivity contribution in [1.82, 2.24) is 4.98 Å². The molecule has 0 spiro atoms. The van der Waals surface area contributed by atoms with E-state index in [9.17, 15) is 4.79 Å². The number of nitrogens with one attached hydrogen (secondary N) is 1. The summed E-state index contributed by atoms with van der Waals surface area (Å²) in [4.78, 5) is 19.4. The van der Waals surface area contributed by atoms with E-state index in [1.807, 2.05) is 25.3 Å². The van der Waals surface area contributed by atoms with Gasteiger partial charge in [-0.05, 0) is 49.6 Å². The van der Waals surface area contributed by atoms with Crippen LogP contribution in [0.25, 0.3) is 5.57 Å². The molecular weight excluding hydrogens is 352 g/mol. The Hall–Kier alpha value is -1.63. The lowest BCUT2D eigenvalue weighted by Gasteiger charge is -2.20. The zero-order valence-corrected chi connectivity index (χ0v) is 16.1. The van der Waals surface area contributed by atoms with Gasteiger partial charge in [0.05, 0.1) is 0 Å². The van der Waals surface area contributed by atoms with E-state index in [1.54, 1.807) is 18.0 Å². The van der Waals surface area contributed by atoms with Crippen LogP contribution in [-0.2, 0) is 9.53 Å². The number of thioether (sulfide) groups is 1. The van der Waals surface area contributed by atoms with Crippen LogP contribution in [0.3, 0.4) is 0 Å². The molecule has 0 saturated carbocycles. The number of hydrogen-bond donors (Lipinski definition) is 1. The van der Waals surface area contributed by atoms with Crippen molar-refractivity contribution in [3.05, 3.63) is 47.0 Å². The van der Waals surface area contributed by atoms with E-state index in [-0.39, 0.29) is 5.91 Å². The van der Waals surface area contributed by atoms with Crippen LogP contribution in [0.15, 0.2) is 41.4 Å². The first-order valence-corrected chi connectivity index (χ1v) is 10.4. The smallest absolute Gasteiger partial charge is 0.257 e. The number of aromatic nitrogens is 1. The van der Waals surface area contributed by atoms with Crippen molar-refractivity contribution in [2.24, 2.45) is 5.92 Å². The van der Waals surface area contributed by atoms with Gasteiger partial charge in [0.2, 0.25) is 0 Å². The van der Waals surface area contributed by atoms with E-state index in [1.165, 1.54) is 16.2 Å². The molecule has 1 aromatic carbocycles. The van der Waals surface area contributed by atoms with Gasteiger partial charge < -0.3 is 4.74 Å². The molecule has 3 rings (SSSR count). The summed E-state index contributed by atoms with van der Waals surface area (Å²) in [6.07, 6.45) is 7.83. The van der Waals surface area contributed by atoms with Crippen LogP contribution in [0, 0.1) is 12.8 Å². The van der Waals surface area contributed by atoms with Gasteiger partial charge in [-0.2, -0.15) is 0 Å². The molecule has 4 nitrogen and oxygen atoms in total. The summed E-state index contributed by atoms with van der Waals surface area (Å²) >= 11 is 3.18. The summed E-state index contributed by atoms with van der Waals surface area (Å²) in [6.45, 7) is 3.49. The standard InChI is InChI=1S/C19H22N2O2S2/c1-13-12-20-19(25-13)21-18(22)17(11-14-7-9-23-10-8-14)15-3-5-16(24-2)6-4-15/h3-6,11-12,14H,7-10H2,1-2H3,(H,20,21,22)/b17-11+. The summed E-state index contributed by atoms with van der Waals surface area (Å²) in [7, 11) is 0. The predicted molar refractivity (Wildman–Crippen MR) is 105 cm³/mol. The van der Waals surface area contributed by atoms with Gasteiger partial charge in [-0.25, -0.2) is 4.98 Å². The van der Waals surface area contributed by atoms with Crippen molar-refractivity contribution in [2.75, 3.05) is 24.8 Å². The van der Waals surface area contributed by atoms with Gasteiger partial charge in [-0.3, -0.25) is 10.1 Å². The van der Waals surface area contributed by atoms with Crippen LogP contribution in [0.5, 0.6) is 0 Å². The number of carbonyl (C=O) groups excluding carboxylic acids is 1. The normalized spacial score (nSPS) is 16.0. The van der Waals surface area contributed by atoms with Gasteiger partial charge in [-0.1, -0.05) is 18.2 Å². The van der Waals surface area contributed by atoms with Crippen molar-refractivity contribution in [2.45, 2.75) is 24.7 Å². The zero-order chi connectivity index (χ0) is 17.6. The molecule has 0 radical (unpaired) electrons. The van der Waals surface area contributed by atoms with Crippen molar-refractivity contribution in [3.8, 4) is 0 Å². The number of benzene rings is 1. The second-order valence-electron chi connectivity index (χ2n) is 5.99. The molecule has 1 amide bonds. The van der Waals surface area contributed by atoms with E-state index >= 15 is 0 Å². The molecule has 6 heteroatoms. The van der Waals surface area contributed by atoms with E-state index < -0.39 is 0 Å². The number of carbonyl (C=O) groups is 1. The van der Waals surface area contributed by atoms with E-state index in [4.69, 9.17) is 4.74 Å². The number of allylic oxidation sites excluding steroid dienone is 1. The third-order valence-corrected chi connectivity index (χ3v) is 5.73. The predicted octanol–water partition coefficient (Wildman–Crippen LogP) is 4.62. The maximum atomic E-state index is 12.9. The van der Waals surface area contributed by atoms with Gasteiger partial charge in [0.15, 0.2) is 5.13 Å². The van der Waals surface area contributed by atoms with Gasteiger partial charge in [0.1, 0.15) is 0 Å². The quantitative estimate of drug-likeness (QED) is 0.613. The van der Waals surface area contributed by atoms with Crippen molar-refractivity contribution >= 4 is 39.7 Å². The van der Waals surface area contributed by atoms with Crippen LogP contribution in [0.2, 0.25) is 0 Å². The molecule has 2 heterocycles. The molecule has 1 aliphatic rings. The fourth-order valence-electron chi connectivity index (χ4n) is 2.77. The number of ether oxygens (including phenoxy) is 1. The zero-order valence-electron chi connectivity index (χ0n) is 14.5. The summed E-state index contributed by atoms with van der Waals surface area (Å²) < 4.78 is 5.44. The molecule has 1 fully saturated rings. The highest BCUT2D eigenvalue weighted by Crippen LogP contribution is 2.26. The van der Waals surface area contributed by atoms with E-state index in [0.29, 0.717) is 16.6 Å². The van der Waals surface area contributed by atoms with Crippen LogP contribution in [0.4, 0.5) is 5.13 Å². The number of hydrogen-bond acceptors (Lipinski definition) is 5.